The maximum absolute atomic E-state index is 12.8. The van der Waals surface area contributed by atoms with Gasteiger partial charge >= 0.3 is 0 Å². The Morgan fingerprint density at radius 3 is 2.64 bits per heavy atom. The molecule has 1 aliphatic rings. The maximum Gasteiger partial charge on any atom is 0.252 e. The average molecular weight is 418 g/mol. The standard InChI is InChI=1S/C21H27N3O2S2/c1-23(2)18(16-9-12-27-14-16)13-22-21(26)17-7-3-4-8-19(17)28-15-20(25)24-10-5-6-11-24/h3-4,7-9,12,14,18H,5-6,10-11,13,15H2,1-2H3,(H,22,26). The average Bonchev–Trinajstić information content (AvgIpc) is 3.40. The Kier molecular flexibility index (Phi) is 7.53. The van der Waals surface area contributed by atoms with Crippen LogP contribution in [0.2, 0.25) is 0 Å². The van der Waals surface area contributed by atoms with Crippen molar-refractivity contribution in [3.05, 3.63) is 52.2 Å². The second kappa shape index (κ2) is 10.1. The first-order valence-electron chi connectivity index (χ1n) is 9.52. The third-order valence-electron chi connectivity index (χ3n) is 4.95. The molecule has 1 aromatic carbocycles. The minimum atomic E-state index is -0.0983. The summed E-state index contributed by atoms with van der Waals surface area (Å²) in [5, 5.41) is 7.24. The molecule has 150 valence electrons. The molecule has 0 spiro atoms. The number of likely N-dealkylation sites (N-methyl/N-ethyl adjacent to an activating group) is 1. The van der Waals surface area contributed by atoms with Gasteiger partial charge in [-0.05, 0) is 61.5 Å². The first kappa shape index (κ1) is 20.9. The molecule has 1 saturated heterocycles. The highest BCUT2D eigenvalue weighted by Gasteiger charge is 2.20. The number of thiophene rings is 1. The minimum absolute atomic E-state index is 0.0983. The molecule has 1 aromatic heterocycles. The molecule has 0 radical (unpaired) electrons. The molecule has 1 fully saturated rings. The highest BCUT2D eigenvalue weighted by molar-refractivity contribution is 8.00. The number of thioether (sulfide) groups is 1. The lowest BCUT2D eigenvalue weighted by Crippen LogP contribution is -2.34. The van der Waals surface area contributed by atoms with Gasteiger partial charge in [0.15, 0.2) is 0 Å². The zero-order valence-electron chi connectivity index (χ0n) is 16.4. The van der Waals surface area contributed by atoms with E-state index in [2.05, 4.69) is 27.0 Å². The highest BCUT2D eigenvalue weighted by atomic mass is 32.2. The van der Waals surface area contributed by atoms with E-state index < -0.39 is 0 Å². The van der Waals surface area contributed by atoms with Crippen LogP contribution in [0.4, 0.5) is 0 Å². The molecular formula is C21H27N3O2S2. The Morgan fingerprint density at radius 1 is 1.21 bits per heavy atom. The van der Waals surface area contributed by atoms with Crippen LogP contribution in [0.3, 0.4) is 0 Å². The normalized spacial score (nSPS) is 15.0. The quantitative estimate of drug-likeness (QED) is 0.668. The van der Waals surface area contributed by atoms with Crippen LogP contribution in [0.5, 0.6) is 0 Å². The van der Waals surface area contributed by atoms with E-state index in [9.17, 15) is 9.59 Å². The lowest BCUT2D eigenvalue weighted by atomic mass is 10.1. The molecule has 1 N–H and O–H groups in total. The number of carbonyl (C=O) groups excluding carboxylic acids is 2. The summed E-state index contributed by atoms with van der Waals surface area (Å²) in [5.41, 5.74) is 1.83. The summed E-state index contributed by atoms with van der Waals surface area (Å²) in [6, 6.07) is 9.74. The number of likely N-dealkylation sites (tertiary alicyclic amines) is 1. The number of amides is 2. The summed E-state index contributed by atoms with van der Waals surface area (Å²) in [6.07, 6.45) is 2.18. The number of nitrogens with one attached hydrogen (secondary N) is 1. The molecule has 2 amide bonds. The lowest BCUT2D eigenvalue weighted by molar-refractivity contribution is -0.127. The molecule has 2 aromatic rings. The fraction of sp³-hybridized carbons (Fsp3) is 0.429. The second-order valence-electron chi connectivity index (χ2n) is 7.12. The Balaban J connectivity index is 1.61. The summed E-state index contributed by atoms with van der Waals surface area (Å²) in [6.45, 7) is 2.25. The van der Waals surface area contributed by atoms with Gasteiger partial charge < -0.3 is 15.1 Å². The van der Waals surface area contributed by atoms with Crippen molar-refractivity contribution in [3.63, 3.8) is 0 Å². The number of hydrogen-bond acceptors (Lipinski definition) is 5. The van der Waals surface area contributed by atoms with Gasteiger partial charge in [-0.15, -0.1) is 11.8 Å². The van der Waals surface area contributed by atoms with Crippen LogP contribution >= 0.6 is 23.1 Å². The van der Waals surface area contributed by atoms with Crippen LogP contribution < -0.4 is 5.32 Å². The van der Waals surface area contributed by atoms with Crippen LogP contribution in [-0.2, 0) is 4.79 Å². The molecule has 28 heavy (non-hydrogen) atoms. The van der Waals surface area contributed by atoms with Crippen molar-refractivity contribution in [2.75, 3.05) is 39.5 Å². The summed E-state index contributed by atoms with van der Waals surface area (Å²) in [7, 11) is 4.03. The largest absolute Gasteiger partial charge is 0.350 e. The Labute approximate surface area is 175 Å². The first-order chi connectivity index (χ1) is 13.6. The van der Waals surface area contributed by atoms with Crippen LogP contribution in [0.25, 0.3) is 0 Å². The first-order valence-corrected chi connectivity index (χ1v) is 11.5. The highest BCUT2D eigenvalue weighted by Crippen LogP contribution is 2.24. The molecular weight excluding hydrogens is 390 g/mol. The minimum Gasteiger partial charge on any atom is -0.350 e. The fourth-order valence-corrected chi connectivity index (χ4v) is 4.98. The van der Waals surface area contributed by atoms with Crippen LogP contribution in [0.1, 0.15) is 34.8 Å². The van der Waals surface area contributed by atoms with Crippen molar-refractivity contribution >= 4 is 34.9 Å². The van der Waals surface area contributed by atoms with Crippen molar-refractivity contribution in [1.82, 2.24) is 15.1 Å². The number of hydrogen-bond donors (Lipinski definition) is 1. The summed E-state index contributed by atoms with van der Waals surface area (Å²) in [5.74, 6) is 0.432. The number of carbonyl (C=O) groups is 2. The van der Waals surface area contributed by atoms with Crippen molar-refractivity contribution in [2.45, 2.75) is 23.8 Å². The summed E-state index contributed by atoms with van der Waals surface area (Å²) < 4.78 is 0. The van der Waals surface area contributed by atoms with Gasteiger partial charge in [-0.25, -0.2) is 0 Å². The van der Waals surface area contributed by atoms with Gasteiger partial charge in [-0.1, -0.05) is 12.1 Å². The third kappa shape index (κ3) is 5.37. The predicted octanol–water partition coefficient (Wildman–Crippen LogP) is 3.50. The molecule has 1 aliphatic heterocycles. The van der Waals surface area contributed by atoms with E-state index in [1.165, 1.54) is 17.3 Å². The van der Waals surface area contributed by atoms with Gasteiger partial charge in [-0.3, -0.25) is 9.59 Å². The van der Waals surface area contributed by atoms with E-state index in [1.54, 1.807) is 11.3 Å². The predicted molar refractivity (Wildman–Crippen MR) is 116 cm³/mol. The Morgan fingerprint density at radius 2 is 1.96 bits per heavy atom. The molecule has 2 heterocycles. The van der Waals surface area contributed by atoms with Crippen molar-refractivity contribution in [1.29, 1.82) is 0 Å². The molecule has 0 saturated carbocycles. The van der Waals surface area contributed by atoms with Gasteiger partial charge in [0.25, 0.3) is 5.91 Å². The van der Waals surface area contributed by atoms with E-state index >= 15 is 0 Å². The number of nitrogens with zero attached hydrogens (tertiary/aromatic N) is 2. The van der Waals surface area contributed by atoms with Crippen molar-refractivity contribution < 1.29 is 9.59 Å². The van der Waals surface area contributed by atoms with E-state index in [0.717, 1.165) is 30.8 Å². The Hall–Kier alpha value is -1.83. The fourth-order valence-electron chi connectivity index (χ4n) is 3.33. The van der Waals surface area contributed by atoms with Gasteiger partial charge in [0.2, 0.25) is 5.91 Å². The maximum atomic E-state index is 12.8. The molecule has 0 aliphatic carbocycles. The molecule has 5 nitrogen and oxygen atoms in total. The summed E-state index contributed by atoms with van der Waals surface area (Å²) in [4.78, 5) is 30.0. The SMILES string of the molecule is CN(C)C(CNC(=O)c1ccccc1SCC(=O)N1CCCC1)c1ccsc1. The Bertz CT molecular complexity index is 787. The topological polar surface area (TPSA) is 52.7 Å². The lowest BCUT2D eigenvalue weighted by Gasteiger charge is -2.24. The smallest absolute Gasteiger partial charge is 0.252 e. The summed E-state index contributed by atoms with van der Waals surface area (Å²) >= 11 is 3.11. The van der Waals surface area contributed by atoms with Crippen LogP contribution in [0, 0.1) is 0 Å². The molecule has 7 heteroatoms. The number of rotatable bonds is 8. The molecule has 0 bridgehead atoms. The van der Waals surface area contributed by atoms with Crippen molar-refractivity contribution in [3.8, 4) is 0 Å². The van der Waals surface area contributed by atoms with E-state index in [1.807, 2.05) is 43.3 Å². The molecule has 1 atom stereocenters. The monoisotopic (exact) mass is 417 g/mol. The third-order valence-corrected chi connectivity index (χ3v) is 6.71. The van der Waals surface area contributed by atoms with E-state index in [0.29, 0.717) is 17.9 Å². The van der Waals surface area contributed by atoms with E-state index in [-0.39, 0.29) is 17.9 Å². The molecule has 3 rings (SSSR count). The van der Waals surface area contributed by atoms with Crippen molar-refractivity contribution in [2.24, 2.45) is 0 Å². The second-order valence-corrected chi connectivity index (χ2v) is 8.92. The van der Waals surface area contributed by atoms with Crippen LogP contribution in [0.15, 0.2) is 46.0 Å². The zero-order chi connectivity index (χ0) is 19.9. The molecule has 1 unspecified atom stereocenters. The van der Waals surface area contributed by atoms with Gasteiger partial charge in [-0.2, -0.15) is 11.3 Å². The van der Waals surface area contributed by atoms with E-state index in [4.69, 9.17) is 0 Å². The van der Waals surface area contributed by atoms with Gasteiger partial charge in [0.05, 0.1) is 17.4 Å². The van der Waals surface area contributed by atoms with Crippen LogP contribution in [-0.4, -0.2) is 61.1 Å². The van der Waals surface area contributed by atoms with Gasteiger partial charge in [0, 0.05) is 24.5 Å². The van der Waals surface area contributed by atoms with Gasteiger partial charge in [0.1, 0.15) is 0 Å². The number of benzene rings is 1. The zero-order valence-corrected chi connectivity index (χ0v) is 18.0.